The fourth-order valence-corrected chi connectivity index (χ4v) is 2.86. The summed E-state index contributed by atoms with van der Waals surface area (Å²) in [6, 6.07) is 5.54. The lowest BCUT2D eigenvalue weighted by molar-refractivity contribution is 0.0526. The molecule has 0 radical (unpaired) electrons. The van der Waals surface area contributed by atoms with E-state index in [1.807, 2.05) is 19.1 Å². The highest BCUT2D eigenvalue weighted by atomic mass is 79.9. The van der Waals surface area contributed by atoms with Crippen LogP contribution in [0.1, 0.15) is 30.1 Å². The average Bonchev–Trinajstić information content (AvgIpc) is 2.47. The van der Waals surface area contributed by atoms with Crippen LogP contribution in [0, 0.1) is 5.92 Å². The summed E-state index contributed by atoms with van der Waals surface area (Å²) in [5, 5.41) is 6.82. The molecule has 0 saturated carbocycles. The van der Waals surface area contributed by atoms with Crippen LogP contribution in [0.2, 0.25) is 0 Å². The summed E-state index contributed by atoms with van der Waals surface area (Å²) < 4.78 is 5.89. The summed E-state index contributed by atoms with van der Waals surface area (Å²) in [6.07, 6.45) is 2.43. The highest BCUT2D eigenvalue weighted by Crippen LogP contribution is 2.25. The Labute approximate surface area is 128 Å². The number of hydrogen-bond acceptors (Lipinski definition) is 4. The third-order valence-corrected chi connectivity index (χ3v) is 4.18. The summed E-state index contributed by atoms with van der Waals surface area (Å²) in [6.45, 7) is 5.39. The van der Waals surface area contributed by atoms with Crippen molar-refractivity contribution in [3.8, 4) is 0 Å². The van der Waals surface area contributed by atoms with Crippen LogP contribution in [0.25, 0.3) is 0 Å². The zero-order chi connectivity index (χ0) is 14.4. The van der Waals surface area contributed by atoms with Crippen LogP contribution in [0.4, 0.5) is 5.69 Å². The molecular weight excluding hydrogens is 320 g/mol. The minimum atomic E-state index is -0.280. The van der Waals surface area contributed by atoms with Crippen molar-refractivity contribution in [1.29, 1.82) is 0 Å². The van der Waals surface area contributed by atoms with E-state index < -0.39 is 0 Å². The maximum atomic E-state index is 11.6. The Balaban J connectivity index is 1.93. The molecule has 1 fully saturated rings. The first-order chi connectivity index (χ1) is 9.70. The average molecular weight is 341 g/mol. The van der Waals surface area contributed by atoms with Gasteiger partial charge in [0.25, 0.3) is 0 Å². The van der Waals surface area contributed by atoms with Crippen molar-refractivity contribution in [1.82, 2.24) is 5.32 Å². The number of hydrogen-bond donors (Lipinski definition) is 2. The van der Waals surface area contributed by atoms with E-state index in [4.69, 9.17) is 4.74 Å². The SMILES string of the molecule is CCOC(=O)c1ccc(NCC2CCNCC2)c(Br)c1. The Kier molecular flexibility index (Phi) is 5.86. The van der Waals surface area contributed by atoms with Gasteiger partial charge in [0.15, 0.2) is 0 Å². The molecule has 2 N–H and O–H groups in total. The van der Waals surface area contributed by atoms with E-state index in [9.17, 15) is 4.79 Å². The fourth-order valence-electron chi connectivity index (χ4n) is 2.34. The second kappa shape index (κ2) is 7.64. The zero-order valence-electron chi connectivity index (χ0n) is 11.7. The molecule has 0 aromatic heterocycles. The van der Waals surface area contributed by atoms with Crippen molar-refractivity contribution in [3.63, 3.8) is 0 Å². The molecule has 5 heteroatoms. The Morgan fingerprint density at radius 2 is 2.20 bits per heavy atom. The van der Waals surface area contributed by atoms with Crippen molar-refractivity contribution in [2.24, 2.45) is 5.92 Å². The third kappa shape index (κ3) is 4.21. The Morgan fingerprint density at radius 3 is 2.85 bits per heavy atom. The van der Waals surface area contributed by atoms with Crippen LogP contribution >= 0.6 is 15.9 Å². The van der Waals surface area contributed by atoms with Crippen molar-refractivity contribution < 1.29 is 9.53 Å². The van der Waals surface area contributed by atoms with Gasteiger partial charge in [0.1, 0.15) is 0 Å². The highest BCUT2D eigenvalue weighted by molar-refractivity contribution is 9.10. The lowest BCUT2D eigenvalue weighted by Gasteiger charge is -2.23. The molecule has 0 atom stereocenters. The van der Waals surface area contributed by atoms with Gasteiger partial charge in [-0.05, 0) is 72.9 Å². The Hall–Kier alpha value is -1.07. The van der Waals surface area contributed by atoms with E-state index in [1.165, 1.54) is 12.8 Å². The molecule has 4 nitrogen and oxygen atoms in total. The Bertz CT molecular complexity index is 459. The molecule has 0 bridgehead atoms. The molecule has 110 valence electrons. The van der Waals surface area contributed by atoms with Gasteiger partial charge in [-0.1, -0.05) is 0 Å². The standard InChI is InChI=1S/C15H21BrN2O2/c1-2-20-15(19)12-3-4-14(13(16)9-12)18-10-11-5-7-17-8-6-11/h3-4,9,11,17-18H,2,5-8,10H2,1H3. The van der Waals surface area contributed by atoms with Gasteiger partial charge in [0, 0.05) is 16.7 Å². The van der Waals surface area contributed by atoms with E-state index in [-0.39, 0.29) is 5.97 Å². The van der Waals surface area contributed by atoms with Gasteiger partial charge in [-0.2, -0.15) is 0 Å². The van der Waals surface area contributed by atoms with E-state index in [2.05, 4.69) is 26.6 Å². The molecule has 1 aromatic rings. The molecule has 0 unspecified atom stereocenters. The van der Waals surface area contributed by atoms with Crippen LogP contribution < -0.4 is 10.6 Å². The molecule has 1 saturated heterocycles. The molecule has 1 aliphatic rings. The number of carbonyl (C=O) groups is 1. The molecule has 2 rings (SSSR count). The lowest BCUT2D eigenvalue weighted by Crippen LogP contribution is -2.31. The van der Waals surface area contributed by atoms with E-state index in [0.717, 1.165) is 29.8 Å². The largest absolute Gasteiger partial charge is 0.462 e. The first kappa shape index (κ1) is 15.3. The van der Waals surface area contributed by atoms with Crippen molar-refractivity contribution in [2.75, 3.05) is 31.6 Å². The highest BCUT2D eigenvalue weighted by Gasteiger charge is 2.14. The molecule has 1 heterocycles. The number of anilines is 1. The molecular formula is C15H21BrN2O2. The summed E-state index contributed by atoms with van der Waals surface area (Å²) in [4.78, 5) is 11.6. The first-order valence-corrected chi connectivity index (χ1v) is 7.91. The van der Waals surface area contributed by atoms with Crippen molar-refractivity contribution in [2.45, 2.75) is 19.8 Å². The van der Waals surface area contributed by atoms with Gasteiger partial charge in [-0.15, -0.1) is 0 Å². The number of ether oxygens (including phenoxy) is 1. The van der Waals surface area contributed by atoms with E-state index in [1.54, 1.807) is 6.07 Å². The zero-order valence-corrected chi connectivity index (χ0v) is 13.3. The number of piperidine rings is 1. The van der Waals surface area contributed by atoms with Crippen LogP contribution in [0.3, 0.4) is 0 Å². The maximum absolute atomic E-state index is 11.6. The number of nitrogens with one attached hydrogen (secondary N) is 2. The van der Waals surface area contributed by atoms with Crippen molar-refractivity contribution in [3.05, 3.63) is 28.2 Å². The van der Waals surface area contributed by atoms with Crippen LogP contribution in [0.5, 0.6) is 0 Å². The summed E-state index contributed by atoms with van der Waals surface area (Å²) in [5.74, 6) is 0.436. The second-order valence-electron chi connectivity index (χ2n) is 4.99. The van der Waals surface area contributed by atoms with Crippen LogP contribution in [0.15, 0.2) is 22.7 Å². The summed E-state index contributed by atoms with van der Waals surface area (Å²) >= 11 is 3.51. The van der Waals surface area contributed by atoms with Gasteiger partial charge < -0.3 is 15.4 Å². The topological polar surface area (TPSA) is 50.4 Å². The smallest absolute Gasteiger partial charge is 0.338 e. The summed E-state index contributed by atoms with van der Waals surface area (Å²) in [5.41, 5.74) is 1.60. The predicted octanol–water partition coefficient (Wildman–Crippen LogP) is 3.04. The molecule has 20 heavy (non-hydrogen) atoms. The Morgan fingerprint density at radius 1 is 1.45 bits per heavy atom. The molecule has 1 aliphatic heterocycles. The second-order valence-corrected chi connectivity index (χ2v) is 5.84. The van der Waals surface area contributed by atoms with E-state index in [0.29, 0.717) is 18.1 Å². The predicted molar refractivity (Wildman–Crippen MR) is 84.2 cm³/mol. The van der Waals surface area contributed by atoms with Crippen molar-refractivity contribution >= 4 is 27.6 Å². The third-order valence-electron chi connectivity index (χ3n) is 3.52. The number of rotatable bonds is 5. The minimum Gasteiger partial charge on any atom is -0.462 e. The monoisotopic (exact) mass is 340 g/mol. The van der Waals surface area contributed by atoms with Gasteiger partial charge in [-0.25, -0.2) is 4.79 Å². The van der Waals surface area contributed by atoms with Gasteiger partial charge in [0.2, 0.25) is 0 Å². The molecule has 0 spiro atoms. The van der Waals surface area contributed by atoms with Gasteiger partial charge >= 0.3 is 5.97 Å². The maximum Gasteiger partial charge on any atom is 0.338 e. The number of esters is 1. The normalized spacial score (nSPS) is 15.9. The minimum absolute atomic E-state index is 0.280. The number of benzene rings is 1. The number of carbonyl (C=O) groups excluding carboxylic acids is 1. The molecule has 0 aliphatic carbocycles. The fraction of sp³-hybridized carbons (Fsp3) is 0.533. The lowest BCUT2D eigenvalue weighted by atomic mass is 9.98. The molecule has 0 amide bonds. The van der Waals surface area contributed by atoms with Gasteiger partial charge in [0.05, 0.1) is 12.2 Å². The van der Waals surface area contributed by atoms with Crippen LogP contribution in [-0.4, -0.2) is 32.2 Å². The van der Waals surface area contributed by atoms with Gasteiger partial charge in [-0.3, -0.25) is 0 Å². The van der Waals surface area contributed by atoms with E-state index >= 15 is 0 Å². The summed E-state index contributed by atoms with van der Waals surface area (Å²) in [7, 11) is 0. The number of halogens is 1. The van der Waals surface area contributed by atoms with Crippen LogP contribution in [-0.2, 0) is 4.74 Å². The quantitative estimate of drug-likeness (QED) is 0.809. The molecule has 1 aromatic carbocycles. The first-order valence-electron chi connectivity index (χ1n) is 7.12.